The van der Waals surface area contributed by atoms with Gasteiger partial charge in [0.25, 0.3) is 0 Å². The third kappa shape index (κ3) is 3.48. The van der Waals surface area contributed by atoms with Crippen LogP contribution in [0.15, 0.2) is 42.9 Å². The number of aromatic amines is 1. The van der Waals surface area contributed by atoms with E-state index in [1.165, 1.54) is 0 Å². The van der Waals surface area contributed by atoms with Gasteiger partial charge in [0.05, 0.1) is 32.1 Å². The summed E-state index contributed by atoms with van der Waals surface area (Å²) in [4.78, 5) is 16.5. The Morgan fingerprint density at radius 1 is 1.19 bits per heavy atom. The van der Waals surface area contributed by atoms with Crippen molar-refractivity contribution in [3.05, 3.63) is 48.4 Å². The van der Waals surface area contributed by atoms with Crippen molar-refractivity contribution in [1.82, 2.24) is 25.1 Å². The molecule has 0 spiro atoms. The van der Waals surface area contributed by atoms with Crippen molar-refractivity contribution >= 4 is 16.7 Å². The summed E-state index contributed by atoms with van der Waals surface area (Å²) >= 11 is 0. The molecule has 0 saturated carbocycles. The molecule has 1 unspecified atom stereocenters. The number of H-pyrrole nitrogens is 1. The Balaban J connectivity index is 1.79. The molecule has 31 heavy (non-hydrogen) atoms. The van der Waals surface area contributed by atoms with Crippen LogP contribution in [0.3, 0.4) is 0 Å². The number of hydrogen-bond donors (Lipinski definition) is 1. The molecule has 8 heteroatoms. The van der Waals surface area contributed by atoms with Gasteiger partial charge in [-0.15, -0.1) is 0 Å². The zero-order valence-corrected chi connectivity index (χ0v) is 17.8. The smallest absolute Gasteiger partial charge is 0.212 e. The van der Waals surface area contributed by atoms with E-state index in [9.17, 15) is 0 Å². The Morgan fingerprint density at radius 3 is 2.81 bits per heavy atom. The average molecular weight is 416 g/mol. The Labute approximate surface area is 180 Å². The van der Waals surface area contributed by atoms with Crippen LogP contribution in [-0.4, -0.2) is 58.1 Å². The number of nitrogens with zero attached hydrogens (tertiary/aromatic N) is 5. The van der Waals surface area contributed by atoms with E-state index >= 15 is 0 Å². The summed E-state index contributed by atoms with van der Waals surface area (Å²) in [5.74, 6) is 1.49. The van der Waals surface area contributed by atoms with Crippen molar-refractivity contribution in [1.29, 1.82) is 0 Å². The van der Waals surface area contributed by atoms with Crippen molar-refractivity contribution in [2.75, 3.05) is 31.8 Å². The summed E-state index contributed by atoms with van der Waals surface area (Å²) in [6.45, 7) is 6.37. The zero-order valence-electron chi connectivity index (χ0n) is 17.8. The van der Waals surface area contributed by atoms with Gasteiger partial charge in [-0.05, 0) is 43.2 Å². The molecule has 1 atom stereocenters. The van der Waals surface area contributed by atoms with Crippen molar-refractivity contribution in [2.45, 2.75) is 19.9 Å². The number of morpholine rings is 1. The van der Waals surface area contributed by atoms with Crippen molar-refractivity contribution in [3.8, 4) is 28.4 Å². The molecule has 8 nitrogen and oxygen atoms in total. The Bertz CT molecular complexity index is 1210. The highest BCUT2D eigenvalue weighted by atomic mass is 16.5. The van der Waals surface area contributed by atoms with Crippen LogP contribution in [0.4, 0.5) is 5.82 Å². The number of anilines is 1. The third-order valence-corrected chi connectivity index (χ3v) is 5.69. The topological polar surface area (TPSA) is 89.0 Å². The maximum atomic E-state index is 5.64. The number of fused-ring (bicyclic) bond motifs is 1. The number of aryl methyl sites for hydroxylation is 1. The molecule has 1 saturated heterocycles. The van der Waals surface area contributed by atoms with E-state index in [1.54, 1.807) is 13.3 Å². The number of rotatable bonds is 4. The fourth-order valence-electron chi connectivity index (χ4n) is 4.08. The summed E-state index contributed by atoms with van der Waals surface area (Å²) in [6, 6.07) is 8.21. The lowest BCUT2D eigenvalue weighted by Crippen LogP contribution is -2.44. The molecular weight excluding hydrogens is 392 g/mol. The lowest BCUT2D eigenvalue weighted by molar-refractivity contribution is 0.0986. The first-order valence-corrected chi connectivity index (χ1v) is 10.3. The average Bonchev–Trinajstić information content (AvgIpc) is 3.34. The summed E-state index contributed by atoms with van der Waals surface area (Å²) < 4.78 is 10.9. The van der Waals surface area contributed by atoms with Crippen LogP contribution < -0.4 is 9.64 Å². The number of hydrogen-bond acceptors (Lipinski definition) is 7. The normalized spacial score (nSPS) is 16.6. The molecular formula is C23H24N6O2. The summed E-state index contributed by atoms with van der Waals surface area (Å²) in [6.07, 6.45) is 5.46. The molecule has 0 radical (unpaired) electrons. The maximum Gasteiger partial charge on any atom is 0.212 e. The van der Waals surface area contributed by atoms with Crippen molar-refractivity contribution in [3.63, 3.8) is 0 Å². The fourth-order valence-corrected chi connectivity index (χ4v) is 4.08. The zero-order chi connectivity index (χ0) is 21.4. The van der Waals surface area contributed by atoms with E-state index in [0.717, 1.165) is 51.3 Å². The monoisotopic (exact) mass is 416 g/mol. The number of pyridine rings is 3. The minimum Gasteiger partial charge on any atom is -0.481 e. The Morgan fingerprint density at radius 2 is 2.10 bits per heavy atom. The van der Waals surface area contributed by atoms with Gasteiger partial charge in [0.2, 0.25) is 5.88 Å². The second kappa shape index (κ2) is 7.96. The number of nitrogens with one attached hydrogen (secondary N) is 1. The summed E-state index contributed by atoms with van der Waals surface area (Å²) in [5, 5.41) is 8.19. The number of aromatic nitrogens is 5. The predicted molar refractivity (Wildman–Crippen MR) is 119 cm³/mol. The largest absolute Gasteiger partial charge is 0.481 e. The van der Waals surface area contributed by atoms with Gasteiger partial charge in [-0.2, -0.15) is 5.10 Å². The first-order chi connectivity index (χ1) is 15.2. The molecule has 0 amide bonds. The molecule has 5 heterocycles. The fraction of sp³-hybridized carbons (Fsp3) is 0.304. The predicted octanol–water partition coefficient (Wildman–Crippen LogP) is 3.62. The van der Waals surface area contributed by atoms with E-state index in [1.807, 2.05) is 30.6 Å². The molecule has 0 aromatic carbocycles. The van der Waals surface area contributed by atoms with Gasteiger partial charge in [-0.25, -0.2) is 9.97 Å². The van der Waals surface area contributed by atoms with Crippen LogP contribution in [0.2, 0.25) is 0 Å². The molecule has 5 rings (SSSR count). The number of methoxy groups -OCH3 is 1. The van der Waals surface area contributed by atoms with Gasteiger partial charge in [0.15, 0.2) is 0 Å². The maximum absolute atomic E-state index is 5.64. The highest BCUT2D eigenvalue weighted by Gasteiger charge is 2.24. The lowest BCUT2D eigenvalue weighted by Gasteiger charge is -2.34. The minimum atomic E-state index is 0.230. The standard InChI is InChI=1S/C23H24N6O2/c1-14-11-25-22(18-6-7-26-28-18)23-21(14)17(16-4-5-20(30-3)24-12-16)10-19(27-23)29-8-9-31-13-15(29)2/h4-7,10-12,15H,8-9,13H2,1-3H3,(H,26,28). The second-order valence-electron chi connectivity index (χ2n) is 7.72. The molecule has 4 aromatic heterocycles. The van der Waals surface area contributed by atoms with Crippen molar-refractivity contribution in [2.24, 2.45) is 0 Å². The first kappa shape index (κ1) is 19.4. The van der Waals surface area contributed by atoms with Gasteiger partial charge in [-0.3, -0.25) is 10.1 Å². The molecule has 1 aliphatic heterocycles. The van der Waals surface area contributed by atoms with Crippen LogP contribution in [0, 0.1) is 6.92 Å². The van der Waals surface area contributed by atoms with Gasteiger partial charge < -0.3 is 14.4 Å². The van der Waals surface area contributed by atoms with Crippen LogP contribution in [0.5, 0.6) is 5.88 Å². The summed E-state index contributed by atoms with van der Waals surface area (Å²) in [5.41, 5.74) is 5.58. The van der Waals surface area contributed by atoms with Crippen LogP contribution >= 0.6 is 0 Å². The van der Waals surface area contributed by atoms with Crippen molar-refractivity contribution < 1.29 is 9.47 Å². The van der Waals surface area contributed by atoms with E-state index in [0.29, 0.717) is 19.1 Å². The van der Waals surface area contributed by atoms with E-state index in [4.69, 9.17) is 19.4 Å². The van der Waals surface area contributed by atoms with E-state index in [2.05, 4.69) is 40.0 Å². The quantitative estimate of drug-likeness (QED) is 0.543. The SMILES string of the molecule is COc1ccc(-c2cc(N3CCOCC3C)nc3c(-c4ccn[nH]4)ncc(C)c23)cn1. The molecule has 158 valence electrons. The van der Waals surface area contributed by atoms with Gasteiger partial charge in [-0.1, -0.05) is 0 Å². The van der Waals surface area contributed by atoms with Gasteiger partial charge in [0, 0.05) is 42.2 Å². The van der Waals surface area contributed by atoms with E-state index < -0.39 is 0 Å². The summed E-state index contributed by atoms with van der Waals surface area (Å²) in [7, 11) is 1.62. The highest BCUT2D eigenvalue weighted by Crippen LogP contribution is 2.37. The first-order valence-electron chi connectivity index (χ1n) is 10.3. The highest BCUT2D eigenvalue weighted by molar-refractivity contribution is 6.03. The number of ether oxygens (including phenoxy) is 2. The Kier molecular flexibility index (Phi) is 4.99. The lowest BCUT2D eigenvalue weighted by atomic mass is 9.98. The third-order valence-electron chi connectivity index (χ3n) is 5.69. The van der Waals surface area contributed by atoms with Crippen LogP contribution in [0.25, 0.3) is 33.4 Å². The molecule has 0 aliphatic carbocycles. The van der Waals surface area contributed by atoms with Crippen LogP contribution in [-0.2, 0) is 4.74 Å². The van der Waals surface area contributed by atoms with Gasteiger partial charge >= 0.3 is 0 Å². The van der Waals surface area contributed by atoms with Crippen LogP contribution in [0.1, 0.15) is 12.5 Å². The van der Waals surface area contributed by atoms with E-state index in [-0.39, 0.29) is 6.04 Å². The molecule has 4 aromatic rings. The second-order valence-corrected chi connectivity index (χ2v) is 7.72. The minimum absolute atomic E-state index is 0.230. The van der Waals surface area contributed by atoms with Gasteiger partial charge in [0.1, 0.15) is 17.0 Å². The molecule has 1 aliphatic rings. The Hall–Kier alpha value is -3.52. The molecule has 1 fully saturated rings. The molecule has 0 bridgehead atoms. The molecule has 1 N–H and O–H groups in total.